The Bertz CT molecular complexity index is 1180. The fourth-order valence-corrected chi connectivity index (χ4v) is 5.64. The molecule has 0 saturated heterocycles. The molecule has 0 spiro atoms. The summed E-state index contributed by atoms with van der Waals surface area (Å²) in [6.45, 7) is 1.92. The van der Waals surface area contributed by atoms with Crippen molar-refractivity contribution in [2.24, 2.45) is 0 Å². The van der Waals surface area contributed by atoms with E-state index in [1.807, 2.05) is 24.4 Å². The van der Waals surface area contributed by atoms with Crippen molar-refractivity contribution >= 4 is 48.3 Å². The maximum Gasteiger partial charge on any atom is 0.269 e. The molecule has 0 saturated carbocycles. The molecule has 4 nitrogen and oxygen atoms in total. The van der Waals surface area contributed by atoms with Crippen molar-refractivity contribution in [3.63, 3.8) is 0 Å². The molecule has 0 amide bonds. The summed E-state index contributed by atoms with van der Waals surface area (Å²) in [5, 5.41) is 2.80. The van der Waals surface area contributed by atoms with Crippen molar-refractivity contribution in [3.8, 4) is 10.4 Å². The molecule has 3 heterocycles. The molecule has 0 N–H and O–H groups in total. The second-order valence-corrected chi connectivity index (χ2v) is 9.21. The summed E-state index contributed by atoms with van der Waals surface area (Å²) >= 11 is 5.14. The normalized spacial score (nSPS) is 11.9. The summed E-state index contributed by atoms with van der Waals surface area (Å²) in [6, 6.07) is 12.5. The lowest BCUT2D eigenvalue weighted by Crippen LogP contribution is -2.12. The highest BCUT2D eigenvalue weighted by Crippen LogP contribution is 2.37. The van der Waals surface area contributed by atoms with E-state index in [4.69, 9.17) is 0 Å². The van der Waals surface area contributed by atoms with Crippen molar-refractivity contribution < 1.29 is 8.42 Å². The van der Waals surface area contributed by atoms with Crippen LogP contribution in [0.1, 0.15) is 5.56 Å². The fraction of sp³-hybridized carbons (Fsp3) is 0.0556. The van der Waals surface area contributed by atoms with Crippen LogP contribution in [0.15, 0.2) is 69.6 Å². The van der Waals surface area contributed by atoms with Gasteiger partial charge in [-0.2, -0.15) is 0 Å². The average Bonchev–Trinajstić information content (AvgIpc) is 3.21. The smallest absolute Gasteiger partial charge is 0.237 e. The molecule has 0 radical (unpaired) electrons. The lowest BCUT2D eigenvalue weighted by molar-refractivity contribution is 0.589. The Kier molecular flexibility index (Phi) is 4.02. The van der Waals surface area contributed by atoms with Gasteiger partial charge in [0.1, 0.15) is 0 Å². The number of halogens is 1. The summed E-state index contributed by atoms with van der Waals surface area (Å²) in [6.07, 6.45) is 3.21. The van der Waals surface area contributed by atoms with E-state index >= 15 is 0 Å². The first-order valence-corrected chi connectivity index (χ1v) is 10.6. The van der Waals surface area contributed by atoms with E-state index in [2.05, 4.69) is 20.9 Å². The van der Waals surface area contributed by atoms with Gasteiger partial charge in [0, 0.05) is 32.7 Å². The maximum atomic E-state index is 13.0. The summed E-state index contributed by atoms with van der Waals surface area (Å²) in [5.41, 5.74) is 2.40. The molecule has 25 heavy (non-hydrogen) atoms. The number of hydrogen-bond donors (Lipinski definition) is 0. The number of pyridine rings is 1. The van der Waals surface area contributed by atoms with E-state index < -0.39 is 10.0 Å². The molecule has 7 heteroatoms. The molecule has 0 fully saturated rings. The van der Waals surface area contributed by atoms with Crippen LogP contribution in [0.2, 0.25) is 0 Å². The zero-order chi connectivity index (χ0) is 17.6. The number of thiophene rings is 1. The lowest BCUT2D eigenvalue weighted by atomic mass is 10.1. The van der Waals surface area contributed by atoms with Crippen LogP contribution in [0.25, 0.3) is 21.5 Å². The summed E-state index contributed by atoms with van der Waals surface area (Å²) in [7, 11) is -3.69. The van der Waals surface area contributed by atoms with Gasteiger partial charge in [-0.05, 0) is 58.6 Å². The van der Waals surface area contributed by atoms with Gasteiger partial charge in [0.05, 0.1) is 4.90 Å². The molecule has 0 bridgehead atoms. The van der Waals surface area contributed by atoms with Gasteiger partial charge in [-0.15, -0.1) is 11.3 Å². The molecule has 4 aromatic rings. The zero-order valence-corrected chi connectivity index (χ0v) is 16.4. The Balaban J connectivity index is 1.93. The summed E-state index contributed by atoms with van der Waals surface area (Å²) in [5.74, 6) is 0. The second kappa shape index (κ2) is 6.09. The molecule has 0 unspecified atom stereocenters. The minimum absolute atomic E-state index is 0.250. The Morgan fingerprint density at radius 1 is 1.08 bits per heavy atom. The minimum atomic E-state index is -3.69. The van der Waals surface area contributed by atoms with Crippen molar-refractivity contribution in [1.82, 2.24) is 8.96 Å². The summed E-state index contributed by atoms with van der Waals surface area (Å²) in [4.78, 5) is 5.63. The molecule has 126 valence electrons. The first-order valence-electron chi connectivity index (χ1n) is 7.50. The Hall–Kier alpha value is -1.96. The molecule has 3 aromatic heterocycles. The van der Waals surface area contributed by atoms with Crippen molar-refractivity contribution in [1.29, 1.82) is 0 Å². The van der Waals surface area contributed by atoms with E-state index in [9.17, 15) is 8.42 Å². The quantitative estimate of drug-likeness (QED) is 0.453. The van der Waals surface area contributed by atoms with E-state index in [1.165, 1.54) is 3.97 Å². The number of aryl methyl sites for hydroxylation is 1. The second-order valence-electron chi connectivity index (χ2n) is 5.62. The number of rotatable bonds is 3. The SMILES string of the molecule is Cc1ccc(S(=O)(=O)n2ccc3c(-c4sccc4Br)ccnc32)cc1. The minimum Gasteiger partial charge on any atom is -0.237 e. The van der Waals surface area contributed by atoms with E-state index in [0.29, 0.717) is 5.65 Å². The number of hydrogen-bond acceptors (Lipinski definition) is 4. The van der Waals surface area contributed by atoms with Gasteiger partial charge in [-0.1, -0.05) is 17.7 Å². The van der Waals surface area contributed by atoms with Gasteiger partial charge in [0.15, 0.2) is 5.65 Å². The number of fused-ring (bicyclic) bond motifs is 1. The third kappa shape index (κ3) is 2.72. The standard InChI is InChI=1S/C18H13BrN2O2S2/c1-12-2-4-13(5-3-12)25(22,23)21-10-7-15-14(6-9-20-18(15)21)17-16(19)8-11-24-17/h2-11H,1H3. The van der Waals surface area contributed by atoms with Crippen LogP contribution in [-0.4, -0.2) is 17.4 Å². The molecule has 1 aromatic carbocycles. The van der Waals surface area contributed by atoms with Gasteiger partial charge in [-0.3, -0.25) is 0 Å². The monoisotopic (exact) mass is 432 g/mol. The number of benzene rings is 1. The third-order valence-electron chi connectivity index (χ3n) is 3.99. The van der Waals surface area contributed by atoms with Crippen LogP contribution < -0.4 is 0 Å². The Morgan fingerprint density at radius 3 is 2.52 bits per heavy atom. The molecule has 0 aliphatic heterocycles. The molecule has 4 rings (SSSR count). The third-order valence-corrected chi connectivity index (χ3v) is 7.55. The van der Waals surface area contributed by atoms with E-state index in [1.54, 1.807) is 54.1 Å². The molecule has 0 aliphatic carbocycles. The zero-order valence-electron chi connectivity index (χ0n) is 13.2. The van der Waals surface area contributed by atoms with Crippen molar-refractivity contribution in [3.05, 3.63) is 70.3 Å². The number of nitrogens with zero attached hydrogens (tertiary/aromatic N) is 2. The molecule has 0 atom stereocenters. The molecular weight excluding hydrogens is 420 g/mol. The van der Waals surface area contributed by atoms with Crippen LogP contribution in [0.4, 0.5) is 0 Å². The van der Waals surface area contributed by atoms with E-state index in [0.717, 1.165) is 25.9 Å². The highest BCUT2D eigenvalue weighted by molar-refractivity contribution is 9.10. The largest absolute Gasteiger partial charge is 0.269 e. The van der Waals surface area contributed by atoms with Crippen LogP contribution in [0.5, 0.6) is 0 Å². The first-order chi connectivity index (χ1) is 12.0. The molecule has 0 aliphatic rings. The van der Waals surface area contributed by atoms with Gasteiger partial charge >= 0.3 is 0 Å². The van der Waals surface area contributed by atoms with Crippen LogP contribution >= 0.6 is 27.3 Å². The predicted molar refractivity (Wildman–Crippen MR) is 105 cm³/mol. The fourth-order valence-electron chi connectivity index (χ4n) is 2.72. The maximum absolute atomic E-state index is 13.0. The summed E-state index contributed by atoms with van der Waals surface area (Å²) < 4.78 is 28.2. The topological polar surface area (TPSA) is 52.0 Å². The lowest BCUT2D eigenvalue weighted by Gasteiger charge is -2.08. The first kappa shape index (κ1) is 16.5. The van der Waals surface area contributed by atoms with Gasteiger partial charge in [0.25, 0.3) is 10.0 Å². The highest BCUT2D eigenvalue weighted by atomic mass is 79.9. The van der Waals surface area contributed by atoms with Crippen molar-refractivity contribution in [2.45, 2.75) is 11.8 Å². The highest BCUT2D eigenvalue weighted by Gasteiger charge is 2.21. The van der Waals surface area contributed by atoms with E-state index in [-0.39, 0.29) is 4.90 Å². The van der Waals surface area contributed by atoms with Gasteiger partial charge in [0.2, 0.25) is 0 Å². The number of aromatic nitrogens is 2. The Labute approximate surface area is 157 Å². The Morgan fingerprint density at radius 2 is 1.84 bits per heavy atom. The van der Waals surface area contributed by atoms with Crippen LogP contribution in [-0.2, 0) is 10.0 Å². The van der Waals surface area contributed by atoms with Crippen LogP contribution in [0, 0.1) is 6.92 Å². The predicted octanol–water partition coefficient (Wildman–Crippen LogP) is 5.07. The van der Waals surface area contributed by atoms with Crippen molar-refractivity contribution in [2.75, 3.05) is 0 Å². The molecular formula is C18H13BrN2O2S2. The average molecular weight is 433 g/mol. The van der Waals surface area contributed by atoms with Gasteiger partial charge in [-0.25, -0.2) is 17.4 Å². The van der Waals surface area contributed by atoms with Crippen LogP contribution in [0.3, 0.4) is 0 Å². The van der Waals surface area contributed by atoms with Gasteiger partial charge < -0.3 is 0 Å².